The zero-order valence-electron chi connectivity index (χ0n) is 21.0. The highest BCUT2D eigenvalue weighted by atomic mass is 16.5. The van der Waals surface area contributed by atoms with Crippen molar-refractivity contribution < 1.29 is 28.9 Å². The second-order valence-corrected chi connectivity index (χ2v) is 8.49. The van der Waals surface area contributed by atoms with Crippen LogP contribution in [0.2, 0.25) is 0 Å². The third-order valence-electron chi connectivity index (χ3n) is 6.26. The van der Waals surface area contributed by atoms with Crippen LogP contribution >= 0.6 is 0 Å². The quantitative estimate of drug-likeness (QED) is 0.362. The number of pyridine rings is 2. The molecule has 1 N–H and O–H groups in total. The van der Waals surface area contributed by atoms with Gasteiger partial charge in [0.1, 0.15) is 35.8 Å². The first-order valence-electron chi connectivity index (χ1n) is 12.1. The maximum Gasteiger partial charge on any atom is 0.341 e. The lowest BCUT2D eigenvalue weighted by Gasteiger charge is -2.20. The fourth-order valence-corrected chi connectivity index (χ4v) is 4.49. The molecule has 0 amide bonds. The standard InChI is InChI=1S/C16H13NO3.C15H11NO3/c1-19-16(18)14-4-2-3-13-12(7-10-20-15(13)14)11-5-8-17-9-6-11;17-15(18)13-3-1-2-12-11(6-9-19-14(12)13)10-4-7-16-8-5-10/h2-9H,10H2,1H3;1-8H,9H2,(H,17,18). The third kappa shape index (κ3) is 5.26. The number of fused-ring (bicyclic) bond motifs is 2. The number of nitrogens with zero attached hydrogens (tertiary/aromatic N) is 2. The Morgan fingerprint density at radius 3 is 1.64 bits per heavy atom. The Labute approximate surface area is 224 Å². The van der Waals surface area contributed by atoms with Gasteiger partial charge in [-0.15, -0.1) is 0 Å². The minimum Gasteiger partial charge on any atom is -0.488 e. The van der Waals surface area contributed by atoms with E-state index in [-0.39, 0.29) is 5.56 Å². The van der Waals surface area contributed by atoms with Crippen molar-refractivity contribution in [3.05, 3.63) is 131 Å². The van der Waals surface area contributed by atoms with Crippen molar-refractivity contribution in [2.75, 3.05) is 20.3 Å². The first kappa shape index (κ1) is 25.4. The highest BCUT2D eigenvalue weighted by Crippen LogP contribution is 2.37. The molecule has 39 heavy (non-hydrogen) atoms. The number of esters is 1. The Hall–Kier alpha value is -5.24. The molecular weight excluding hydrogens is 496 g/mol. The lowest BCUT2D eigenvalue weighted by Crippen LogP contribution is -2.11. The Kier molecular flexibility index (Phi) is 7.45. The van der Waals surface area contributed by atoms with Gasteiger partial charge in [-0.3, -0.25) is 9.97 Å². The summed E-state index contributed by atoms with van der Waals surface area (Å²) in [6.07, 6.45) is 10.9. The van der Waals surface area contributed by atoms with E-state index in [1.807, 2.05) is 54.6 Å². The van der Waals surface area contributed by atoms with Crippen molar-refractivity contribution in [3.63, 3.8) is 0 Å². The van der Waals surface area contributed by atoms with Crippen molar-refractivity contribution in [3.8, 4) is 11.5 Å². The molecule has 0 unspecified atom stereocenters. The smallest absolute Gasteiger partial charge is 0.341 e. The van der Waals surface area contributed by atoms with Crippen molar-refractivity contribution in [2.45, 2.75) is 0 Å². The largest absolute Gasteiger partial charge is 0.488 e. The van der Waals surface area contributed by atoms with Crippen molar-refractivity contribution in [1.82, 2.24) is 9.97 Å². The number of carboxylic acid groups (broad SMARTS) is 1. The second kappa shape index (κ2) is 11.4. The molecule has 6 rings (SSSR count). The van der Waals surface area contributed by atoms with Crippen LogP contribution in [0, 0.1) is 0 Å². The van der Waals surface area contributed by atoms with Gasteiger partial charge in [0.15, 0.2) is 0 Å². The minimum absolute atomic E-state index is 0.192. The molecule has 2 aliphatic rings. The van der Waals surface area contributed by atoms with E-state index in [4.69, 9.17) is 14.2 Å². The molecule has 4 aromatic rings. The molecule has 0 bridgehead atoms. The Morgan fingerprint density at radius 1 is 0.718 bits per heavy atom. The van der Waals surface area contributed by atoms with E-state index >= 15 is 0 Å². The maximum atomic E-state index is 11.8. The van der Waals surface area contributed by atoms with E-state index in [2.05, 4.69) is 9.97 Å². The predicted molar refractivity (Wildman–Crippen MR) is 145 cm³/mol. The molecule has 0 spiro atoms. The summed E-state index contributed by atoms with van der Waals surface area (Å²) >= 11 is 0. The van der Waals surface area contributed by atoms with E-state index in [1.54, 1.807) is 43.0 Å². The molecule has 2 aliphatic heterocycles. The Morgan fingerprint density at radius 2 is 1.18 bits per heavy atom. The van der Waals surface area contributed by atoms with Crippen LogP contribution in [-0.2, 0) is 4.74 Å². The Bertz CT molecular complexity index is 1580. The van der Waals surface area contributed by atoms with E-state index in [1.165, 1.54) is 7.11 Å². The minimum atomic E-state index is -0.979. The molecule has 194 valence electrons. The summed E-state index contributed by atoms with van der Waals surface area (Å²) in [5.41, 5.74) is 6.41. The summed E-state index contributed by atoms with van der Waals surface area (Å²) < 4.78 is 15.9. The van der Waals surface area contributed by atoms with Gasteiger partial charge in [-0.05, 0) is 70.8 Å². The van der Waals surface area contributed by atoms with E-state index in [9.17, 15) is 14.7 Å². The van der Waals surface area contributed by atoms with Gasteiger partial charge in [-0.25, -0.2) is 9.59 Å². The second-order valence-electron chi connectivity index (χ2n) is 8.49. The number of carbonyl (C=O) groups is 2. The summed E-state index contributed by atoms with van der Waals surface area (Å²) in [7, 11) is 1.37. The number of hydrogen-bond acceptors (Lipinski definition) is 7. The van der Waals surface area contributed by atoms with Crippen LogP contribution in [0.3, 0.4) is 0 Å². The number of hydrogen-bond donors (Lipinski definition) is 1. The summed E-state index contributed by atoms with van der Waals surface area (Å²) in [5.74, 6) is -0.358. The summed E-state index contributed by atoms with van der Waals surface area (Å²) in [5, 5.41) is 9.19. The molecule has 0 radical (unpaired) electrons. The van der Waals surface area contributed by atoms with Crippen LogP contribution in [-0.4, -0.2) is 47.3 Å². The van der Waals surface area contributed by atoms with Crippen molar-refractivity contribution in [2.24, 2.45) is 0 Å². The van der Waals surface area contributed by atoms with Gasteiger partial charge in [0.2, 0.25) is 0 Å². The van der Waals surface area contributed by atoms with Gasteiger partial charge in [0.25, 0.3) is 0 Å². The van der Waals surface area contributed by atoms with Gasteiger partial charge in [0.05, 0.1) is 7.11 Å². The lowest BCUT2D eigenvalue weighted by atomic mass is 9.94. The van der Waals surface area contributed by atoms with E-state index in [0.717, 1.165) is 33.4 Å². The fraction of sp³-hybridized carbons (Fsp3) is 0.0968. The number of benzene rings is 2. The molecule has 2 aromatic carbocycles. The zero-order valence-corrected chi connectivity index (χ0v) is 21.0. The number of carboxylic acids is 1. The summed E-state index contributed by atoms with van der Waals surface area (Å²) in [4.78, 5) is 31.0. The molecular formula is C31H24N2O6. The number of rotatable bonds is 4. The first-order valence-corrected chi connectivity index (χ1v) is 12.1. The van der Waals surface area contributed by atoms with Gasteiger partial charge in [-0.2, -0.15) is 0 Å². The average molecular weight is 521 g/mol. The zero-order chi connectivity index (χ0) is 27.2. The molecule has 2 aromatic heterocycles. The average Bonchev–Trinajstić information content (AvgIpc) is 3.00. The maximum absolute atomic E-state index is 11.8. The molecule has 0 aliphatic carbocycles. The predicted octanol–water partition coefficient (Wildman–Crippen LogP) is 5.30. The fourth-order valence-electron chi connectivity index (χ4n) is 4.49. The van der Waals surface area contributed by atoms with Gasteiger partial charge in [-0.1, -0.05) is 24.3 Å². The first-order chi connectivity index (χ1) is 19.1. The molecule has 8 nitrogen and oxygen atoms in total. The number of aromatic nitrogens is 2. The highest BCUT2D eigenvalue weighted by Gasteiger charge is 2.23. The van der Waals surface area contributed by atoms with Crippen LogP contribution in [0.5, 0.6) is 11.5 Å². The molecule has 0 fully saturated rings. The van der Waals surface area contributed by atoms with Crippen LogP contribution in [0.1, 0.15) is 43.0 Å². The van der Waals surface area contributed by atoms with Crippen LogP contribution in [0.25, 0.3) is 11.1 Å². The molecule has 0 saturated carbocycles. The third-order valence-corrected chi connectivity index (χ3v) is 6.26. The number of carbonyl (C=O) groups excluding carboxylic acids is 1. The number of para-hydroxylation sites is 2. The van der Waals surface area contributed by atoms with Crippen LogP contribution < -0.4 is 9.47 Å². The van der Waals surface area contributed by atoms with E-state index in [0.29, 0.717) is 30.3 Å². The molecule has 4 heterocycles. The summed E-state index contributed by atoms with van der Waals surface area (Å²) in [6.45, 7) is 0.799. The van der Waals surface area contributed by atoms with Gasteiger partial charge in [0, 0.05) is 35.9 Å². The Balaban J connectivity index is 0.000000158. The van der Waals surface area contributed by atoms with Gasteiger partial charge < -0.3 is 19.3 Å². The molecule has 8 heteroatoms. The van der Waals surface area contributed by atoms with Crippen molar-refractivity contribution >= 4 is 23.1 Å². The van der Waals surface area contributed by atoms with E-state index < -0.39 is 11.9 Å². The normalized spacial score (nSPS) is 13.1. The number of methoxy groups -OCH3 is 1. The number of ether oxygens (including phenoxy) is 3. The van der Waals surface area contributed by atoms with Crippen LogP contribution in [0.15, 0.2) is 97.6 Å². The monoisotopic (exact) mass is 520 g/mol. The topological polar surface area (TPSA) is 108 Å². The summed E-state index contributed by atoms with van der Waals surface area (Å²) in [6, 6.07) is 18.3. The highest BCUT2D eigenvalue weighted by molar-refractivity contribution is 5.97. The molecule has 0 saturated heterocycles. The van der Waals surface area contributed by atoms with Crippen molar-refractivity contribution in [1.29, 1.82) is 0 Å². The lowest BCUT2D eigenvalue weighted by molar-refractivity contribution is 0.0595. The van der Waals surface area contributed by atoms with Crippen LogP contribution in [0.4, 0.5) is 0 Å². The molecule has 0 atom stereocenters. The van der Waals surface area contributed by atoms with Gasteiger partial charge >= 0.3 is 11.9 Å². The number of aromatic carboxylic acids is 1. The SMILES string of the molecule is COC(=O)c1cccc2c1OCC=C2c1ccncc1.O=C(O)c1cccc2c1OCC=C2c1ccncc1.